The van der Waals surface area contributed by atoms with Gasteiger partial charge in [0.1, 0.15) is 0 Å². The van der Waals surface area contributed by atoms with Crippen LogP contribution in [0.3, 0.4) is 0 Å². The second-order valence-electron chi connectivity index (χ2n) is 6.67. The van der Waals surface area contributed by atoms with Crippen molar-refractivity contribution in [3.8, 4) is 0 Å². The first kappa shape index (κ1) is 17.0. The Morgan fingerprint density at radius 2 is 1.71 bits per heavy atom. The van der Waals surface area contributed by atoms with Crippen molar-refractivity contribution < 1.29 is 0 Å². The Hall–Kier alpha value is -0.0400. The number of hydrogen-bond donors (Lipinski definition) is 1. The van der Waals surface area contributed by atoms with E-state index in [1.54, 1.807) is 0 Å². The highest BCUT2D eigenvalue weighted by Crippen LogP contribution is 2.26. The van der Waals surface area contributed by atoms with Crippen LogP contribution < -0.4 is 5.32 Å². The van der Waals surface area contributed by atoms with E-state index in [9.17, 15) is 0 Å². The smallest absolute Gasteiger partial charge is 0.00745 e. The molecule has 0 radical (unpaired) electrons. The molecule has 2 unspecified atom stereocenters. The van der Waals surface area contributed by atoms with Gasteiger partial charge in [0.05, 0.1) is 0 Å². The maximum atomic E-state index is 3.68. The second kappa shape index (κ2) is 8.97. The molecule has 0 spiro atoms. The van der Waals surface area contributed by atoms with Crippen molar-refractivity contribution in [1.29, 1.82) is 0 Å². The van der Waals surface area contributed by atoms with Crippen molar-refractivity contribution in [1.82, 2.24) is 5.32 Å². The van der Waals surface area contributed by atoms with Crippen LogP contribution in [0, 0.1) is 11.3 Å². The third-order valence-electron chi connectivity index (χ3n) is 3.51. The van der Waals surface area contributed by atoms with Gasteiger partial charge in [0.25, 0.3) is 0 Å². The Bertz CT molecular complexity index is 169. The van der Waals surface area contributed by atoms with E-state index in [2.05, 4.69) is 46.9 Å². The number of rotatable bonds is 9. The van der Waals surface area contributed by atoms with Crippen LogP contribution in [0.5, 0.6) is 0 Å². The molecule has 0 fully saturated rings. The van der Waals surface area contributed by atoms with Crippen molar-refractivity contribution in [3.63, 3.8) is 0 Å². The highest BCUT2D eigenvalue weighted by Gasteiger charge is 2.20. The zero-order valence-corrected chi connectivity index (χ0v) is 13.1. The Labute approximate surface area is 110 Å². The van der Waals surface area contributed by atoms with Gasteiger partial charge in [-0.1, -0.05) is 67.2 Å². The summed E-state index contributed by atoms with van der Waals surface area (Å²) in [5.41, 5.74) is 0.440. The normalized spacial score (nSPS) is 15.9. The molecule has 0 bridgehead atoms. The minimum Gasteiger partial charge on any atom is -0.314 e. The minimum absolute atomic E-state index is 0.440. The SMILES string of the molecule is CCCCC(CC)CC(CC(C)(C)C)NCC. The topological polar surface area (TPSA) is 12.0 Å². The fourth-order valence-electron chi connectivity index (χ4n) is 2.65. The van der Waals surface area contributed by atoms with Crippen molar-refractivity contribution in [2.75, 3.05) is 6.54 Å². The molecule has 0 heterocycles. The van der Waals surface area contributed by atoms with Gasteiger partial charge in [-0.25, -0.2) is 0 Å². The predicted molar refractivity (Wildman–Crippen MR) is 79.5 cm³/mol. The lowest BCUT2D eigenvalue weighted by Crippen LogP contribution is -2.34. The third-order valence-corrected chi connectivity index (χ3v) is 3.51. The molecule has 0 aliphatic heterocycles. The summed E-state index contributed by atoms with van der Waals surface area (Å²) < 4.78 is 0. The van der Waals surface area contributed by atoms with Gasteiger partial charge >= 0.3 is 0 Å². The van der Waals surface area contributed by atoms with Crippen LogP contribution in [0.4, 0.5) is 0 Å². The molecule has 17 heavy (non-hydrogen) atoms. The summed E-state index contributed by atoms with van der Waals surface area (Å²) in [6.07, 6.45) is 8.14. The van der Waals surface area contributed by atoms with Crippen LogP contribution in [0.15, 0.2) is 0 Å². The van der Waals surface area contributed by atoms with E-state index in [0.717, 1.165) is 12.5 Å². The fraction of sp³-hybridized carbons (Fsp3) is 1.00. The van der Waals surface area contributed by atoms with Crippen LogP contribution in [0.25, 0.3) is 0 Å². The molecule has 104 valence electrons. The molecule has 1 N–H and O–H groups in total. The van der Waals surface area contributed by atoms with Crippen molar-refractivity contribution in [3.05, 3.63) is 0 Å². The van der Waals surface area contributed by atoms with E-state index in [4.69, 9.17) is 0 Å². The molecule has 0 saturated carbocycles. The van der Waals surface area contributed by atoms with E-state index in [1.165, 1.54) is 38.5 Å². The largest absolute Gasteiger partial charge is 0.314 e. The maximum Gasteiger partial charge on any atom is 0.00745 e. The number of hydrogen-bond acceptors (Lipinski definition) is 1. The summed E-state index contributed by atoms with van der Waals surface area (Å²) in [5, 5.41) is 3.68. The molecule has 2 atom stereocenters. The molecule has 0 aromatic rings. The Morgan fingerprint density at radius 3 is 2.12 bits per heavy atom. The molecule has 1 heteroatoms. The fourth-order valence-corrected chi connectivity index (χ4v) is 2.65. The monoisotopic (exact) mass is 241 g/mol. The second-order valence-corrected chi connectivity index (χ2v) is 6.67. The summed E-state index contributed by atoms with van der Waals surface area (Å²) in [6, 6.07) is 0.710. The van der Waals surface area contributed by atoms with E-state index < -0.39 is 0 Å². The van der Waals surface area contributed by atoms with Crippen molar-refractivity contribution in [2.24, 2.45) is 11.3 Å². The van der Waals surface area contributed by atoms with Crippen molar-refractivity contribution in [2.45, 2.75) is 86.1 Å². The van der Waals surface area contributed by atoms with Crippen LogP contribution in [0.1, 0.15) is 80.1 Å². The third kappa shape index (κ3) is 9.64. The number of unbranched alkanes of at least 4 members (excludes halogenated alkanes) is 1. The lowest BCUT2D eigenvalue weighted by atomic mass is 9.83. The lowest BCUT2D eigenvalue weighted by molar-refractivity contribution is 0.264. The van der Waals surface area contributed by atoms with Gasteiger partial charge in [-0.3, -0.25) is 0 Å². The van der Waals surface area contributed by atoms with E-state index in [-0.39, 0.29) is 0 Å². The van der Waals surface area contributed by atoms with Crippen LogP contribution in [-0.2, 0) is 0 Å². The predicted octanol–water partition coefficient (Wildman–Crippen LogP) is 5.01. The quantitative estimate of drug-likeness (QED) is 0.598. The first-order valence-electron chi connectivity index (χ1n) is 7.66. The molecular formula is C16H35N. The van der Waals surface area contributed by atoms with Gasteiger partial charge in [0.2, 0.25) is 0 Å². The number of nitrogens with one attached hydrogen (secondary N) is 1. The van der Waals surface area contributed by atoms with Gasteiger partial charge in [-0.2, -0.15) is 0 Å². The molecule has 0 aromatic heterocycles. The molecule has 0 aromatic carbocycles. The van der Waals surface area contributed by atoms with Gasteiger partial charge in [-0.15, -0.1) is 0 Å². The summed E-state index contributed by atoms with van der Waals surface area (Å²) in [5.74, 6) is 0.918. The Balaban J connectivity index is 4.19. The first-order chi connectivity index (χ1) is 7.92. The average Bonchev–Trinajstić information content (AvgIpc) is 2.22. The van der Waals surface area contributed by atoms with Crippen molar-refractivity contribution >= 4 is 0 Å². The summed E-state index contributed by atoms with van der Waals surface area (Å²) in [4.78, 5) is 0. The molecule has 0 saturated heterocycles. The molecular weight excluding hydrogens is 206 g/mol. The highest BCUT2D eigenvalue weighted by atomic mass is 14.9. The first-order valence-corrected chi connectivity index (χ1v) is 7.66. The van der Waals surface area contributed by atoms with Gasteiger partial charge < -0.3 is 5.32 Å². The maximum absolute atomic E-state index is 3.68. The van der Waals surface area contributed by atoms with E-state index in [1.807, 2.05) is 0 Å². The Morgan fingerprint density at radius 1 is 1.06 bits per heavy atom. The van der Waals surface area contributed by atoms with Crippen LogP contribution in [-0.4, -0.2) is 12.6 Å². The zero-order valence-electron chi connectivity index (χ0n) is 13.1. The van der Waals surface area contributed by atoms with Gasteiger partial charge in [0, 0.05) is 6.04 Å². The van der Waals surface area contributed by atoms with E-state index >= 15 is 0 Å². The van der Waals surface area contributed by atoms with Gasteiger partial charge in [-0.05, 0) is 30.7 Å². The summed E-state index contributed by atoms with van der Waals surface area (Å²) in [7, 11) is 0. The standard InChI is InChI=1S/C16H35N/c1-7-10-11-14(8-2)12-15(17-9-3)13-16(4,5)6/h14-15,17H,7-13H2,1-6H3. The summed E-state index contributed by atoms with van der Waals surface area (Å²) >= 11 is 0. The van der Waals surface area contributed by atoms with E-state index in [0.29, 0.717) is 11.5 Å². The molecule has 0 amide bonds. The van der Waals surface area contributed by atoms with Crippen LogP contribution >= 0.6 is 0 Å². The molecule has 1 nitrogen and oxygen atoms in total. The zero-order chi connectivity index (χ0) is 13.3. The summed E-state index contributed by atoms with van der Waals surface area (Å²) in [6.45, 7) is 15.0. The molecule has 0 aliphatic carbocycles. The van der Waals surface area contributed by atoms with Crippen LogP contribution in [0.2, 0.25) is 0 Å². The highest BCUT2D eigenvalue weighted by molar-refractivity contribution is 4.77. The lowest BCUT2D eigenvalue weighted by Gasteiger charge is -2.29. The Kier molecular flexibility index (Phi) is 8.94. The molecule has 0 rings (SSSR count). The van der Waals surface area contributed by atoms with Gasteiger partial charge in [0.15, 0.2) is 0 Å². The average molecular weight is 241 g/mol. The minimum atomic E-state index is 0.440. The molecule has 0 aliphatic rings.